The lowest BCUT2D eigenvalue weighted by Gasteiger charge is -2.18. The molecular weight excluding hydrogens is 310 g/mol. The number of alkyl halides is 2. The summed E-state index contributed by atoms with van der Waals surface area (Å²) >= 11 is 0. The largest absolute Gasteiger partial charge is 0.456 e. The number of hydrogen-bond donors (Lipinski definition) is 0. The first kappa shape index (κ1) is 19.3. The van der Waals surface area contributed by atoms with Crippen molar-refractivity contribution in [2.75, 3.05) is 19.8 Å². The van der Waals surface area contributed by atoms with Crippen molar-refractivity contribution in [2.24, 2.45) is 0 Å². The first-order valence-electron chi connectivity index (χ1n) is 7.38. The van der Waals surface area contributed by atoms with Crippen molar-refractivity contribution in [3.63, 3.8) is 0 Å². The summed E-state index contributed by atoms with van der Waals surface area (Å²) in [6.07, 6.45) is -1.24. The maximum absolute atomic E-state index is 12.1. The first-order chi connectivity index (χ1) is 10.9. The van der Waals surface area contributed by atoms with E-state index in [9.17, 15) is 13.6 Å². The number of halogens is 2. The fourth-order valence-electron chi connectivity index (χ4n) is 1.75. The van der Waals surface area contributed by atoms with Gasteiger partial charge in [0.05, 0.1) is 13.2 Å². The standard InChI is InChI=1S/C16H22F2O5/c1-4-20-9-10-21-12(3)15(19)22-11(2)13-5-7-14(8-6-13)23-16(17)18/h5-8,11-12,16H,4,9-10H2,1-3H3. The molecule has 0 saturated heterocycles. The molecule has 0 saturated carbocycles. The van der Waals surface area contributed by atoms with Gasteiger partial charge in [-0.15, -0.1) is 0 Å². The van der Waals surface area contributed by atoms with Crippen LogP contribution < -0.4 is 4.74 Å². The van der Waals surface area contributed by atoms with Gasteiger partial charge in [0.1, 0.15) is 11.9 Å². The van der Waals surface area contributed by atoms with E-state index in [1.54, 1.807) is 26.0 Å². The van der Waals surface area contributed by atoms with Crippen LogP contribution >= 0.6 is 0 Å². The Bertz CT molecular complexity index is 464. The number of carbonyl (C=O) groups is 1. The van der Waals surface area contributed by atoms with Gasteiger partial charge >= 0.3 is 12.6 Å². The lowest BCUT2D eigenvalue weighted by Crippen LogP contribution is -2.26. The highest BCUT2D eigenvalue weighted by Crippen LogP contribution is 2.22. The maximum Gasteiger partial charge on any atom is 0.387 e. The number of rotatable bonds is 10. The smallest absolute Gasteiger partial charge is 0.387 e. The Morgan fingerprint density at radius 2 is 1.78 bits per heavy atom. The van der Waals surface area contributed by atoms with E-state index in [2.05, 4.69) is 4.74 Å². The van der Waals surface area contributed by atoms with Gasteiger partial charge < -0.3 is 18.9 Å². The summed E-state index contributed by atoms with van der Waals surface area (Å²) in [6, 6.07) is 5.92. The third-order valence-corrected chi connectivity index (χ3v) is 3.00. The molecule has 0 radical (unpaired) electrons. The Morgan fingerprint density at radius 1 is 1.13 bits per heavy atom. The average Bonchev–Trinajstić information content (AvgIpc) is 2.51. The van der Waals surface area contributed by atoms with E-state index in [0.717, 1.165) is 0 Å². The SMILES string of the molecule is CCOCCOC(C)C(=O)OC(C)c1ccc(OC(F)F)cc1. The molecule has 0 aliphatic carbocycles. The molecule has 0 aliphatic rings. The number of esters is 1. The fraction of sp³-hybridized carbons (Fsp3) is 0.562. The molecule has 0 N–H and O–H groups in total. The fourth-order valence-corrected chi connectivity index (χ4v) is 1.75. The Labute approximate surface area is 134 Å². The molecule has 0 aromatic heterocycles. The van der Waals surface area contributed by atoms with Crippen molar-refractivity contribution in [3.05, 3.63) is 29.8 Å². The van der Waals surface area contributed by atoms with Gasteiger partial charge in [-0.1, -0.05) is 12.1 Å². The highest BCUT2D eigenvalue weighted by atomic mass is 19.3. The van der Waals surface area contributed by atoms with Gasteiger partial charge in [0.2, 0.25) is 0 Å². The third-order valence-electron chi connectivity index (χ3n) is 3.00. The molecule has 0 spiro atoms. The minimum Gasteiger partial charge on any atom is -0.456 e. The number of benzene rings is 1. The Kier molecular flexibility index (Phi) is 8.50. The van der Waals surface area contributed by atoms with Crippen molar-refractivity contribution in [2.45, 2.75) is 39.6 Å². The predicted octanol–water partition coefficient (Wildman–Crippen LogP) is 3.33. The highest BCUT2D eigenvalue weighted by molar-refractivity contribution is 5.74. The summed E-state index contributed by atoms with van der Waals surface area (Å²) in [5.41, 5.74) is 0.668. The molecule has 2 unspecified atom stereocenters. The highest BCUT2D eigenvalue weighted by Gasteiger charge is 2.19. The van der Waals surface area contributed by atoms with E-state index in [-0.39, 0.29) is 5.75 Å². The zero-order valence-corrected chi connectivity index (χ0v) is 13.5. The van der Waals surface area contributed by atoms with Crippen molar-refractivity contribution in [1.82, 2.24) is 0 Å². The van der Waals surface area contributed by atoms with Crippen LogP contribution in [0.3, 0.4) is 0 Å². The van der Waals surface area contributed by atoms with E-state index in [4.69, 9.17) is 14.2 Å². The summed E-state index contributed by atoms with van der Waals surface area (Å²) in [5.74, 6) is -0.447. The van der Waals surface area contributed by atoms with Crippen molar-refractivity contribution < 1.29 is 32.5 Å². The molecular formula is C16H22F2O5. The molecule has 2 atom stereocenters. The molecule has 23 heavy (non-hydrogen) atoms. The minimum atomic E-state index is -2.87. The van der Waals surface area contributed by atoms with Crippen LogP contribution in [0.1, 0.15) is 32.4 Å². The van der Waals surface area contributed by atoms with Crippen LogP contribution in [-0.2, 0) is 19.0 Å². The monoisotopic (exact) mass is 332 g/mol. The van der Waals surface area contributed by atoms with E-state index in [1.165, 1.54) is 12.1 Å². The molecule has 1 aromatic rings. The minimum absolute atomic E-state index is 0.0508. The van der Waals surface area contributed by atoms with Gasteiger partial charge in [-0.2, -0.15) is 8.78 Å². The second-order valence-electron chi connectivity index (χ2n) is 4.74. The number of hydrogen-bond acceptors (Lipinski definition) is 5. The predicted molar refractivity (Wildman–Crippen MR) is 79.5 cm³/mol. The van der Waals surface area contributed by atoms with E-state index >= 15 is 0 Å². The van der Waals surface area contributed by atoms with E-state index < -0.39 is 24.8 Å². The van der Waals surface area contributed by atoms with Crippen molar-refractivity contribution in [3.8, 4) is 5.75 Å². The summed E-state index contributed by atoms with van der Waals surface area (Å²) in [5, 5.41) is 0. The van der Waals surface area contributed by atoms with Crippen LogP contribution in [0.25, 0.3) is 0 Å². The lowest BCUT2D eigenvalue weighted by atomic mass is 10.1. The number of carbonyl (C=O) groups excluding carboxylic acids is 1. The molecule has 7 heteroatoms. The molecule has 0 fully saturated rings. The summed E-state index contributed by atoms with van der Waals surface area (Å²) in [4.78, 5) is 11.9. The second kappa shape index (κ2) is 10.1. The Morgan fingerprint density at radius 3 is 2.35 bits per heavy atom. The van der Waals surface area contributed by atoms with Crippen molar-refractivity contribution in [1.29, 1.82) is 0 Å². The van der Waals surface area contributed by atoms with Gasteiger partial charge in [-0.25, -0.2) is 4.79 Å². The third kappa shape index (κ3) is 7.38. The van der Waals surface area contributed by atoms with Crippen LogP contribution in [0.4, 0.5) is 8.78 Å². The van der Waals surface area contributed by atoms with E-state index in [1.807, 2.05) is 6.92 Å². The Hall–Kier alpha value is -1.73. The molecule has 0 heterocycles. The quantitative estimate of drug-likeness (QED) is 0.486. The summed E-state index contributed by atoms with van der Waals surface area (Å²) < 4.78 is 44.1. The van der Waals surface area contributed by atoms with Gasteiger partial charge in [0, 0.05) is 6.61 Å². The Balaban J connectivity index is 2.44. The molecule has 0 aliphatic heterocycles. The molecule has 0 amide bonds. The molecule has 1 rings (SSSR count). The maximum atomic E-state index is 12.1. The molecule has 1 aromatic carbocycles. The second-order valence-corrected chi connectivity index (χ2v) is 4.74. The lowest BCUT2D eigenvalue weighted by molar-refractivity contribution is -0.161. The summed E-state index contributed by atoms with van der Waals surface area (Å²) in [7, 11) is 0. The van der Waals surface area contributed by atoms with Crippen LogP contribution in [0, 0.1) is 0 Å². The van der Waals surface area contributed by atoms with Gasteiger partial charge in [0.25, 0.3) is 0 Å². The average molecular weight is 332 g/mol. The molecule has 130 valence electrons. The zero-order chi connectivity index (χ0) is 17.2. The zero-order valence-electron chi connectivity index (χ0n) is 13.5. The topological polar surface area (TPSA) is 54.0 Å². The van der Waals surface area contributed by atoms with Gasteiger partial charge in [-0.05, 0) is 38.5 Å². The normalized spacial score (nSPS) is 13.7. The molecule has 0 bridgehead atoms. The van der Waals surface area contributed by atoms with Crippen LogP contribution in [0.2, 0.25) is 0 Å². The van der Waals surface area contributed by atoms with Crippen LogP contribution in [0.5, 0.6) is 5.75 Å². The van der Waals surface area contributed by atoms with Gasteiger partial charge in [0.15, 0.2) is 6.10 Å². The molecule has 5 nitrogen and oxygen atoms in total. The van der Waals surface area contributed by atoms with Crippen molar-refractivity contribution >= 4 is 5.97 Å². The van der Waals surface area contributed by atoms with E-state index in [0.29, 0.717) is 25.4 Å². The first-order valence-corrected chi connectivity index (χ1v) is 7.38. The van der Waals surface area contributed by atoms with Gasteiger partial charge in [-0.3, -0.25) is 0 Å². The number of ether oxygens (including phenoxy) is 4. The van der Waals surface area contributed by atoms with Crippen LogP contribution in [-0.4, -0.2) is 38.5 Å². The van der Waals surface area contributed by atoms with Crippen LogP contribution in [0.15, 0.2) is 24.3 Å². The summed E-state index contributed by atoms with van der Waals surface area (Å²) in [6.45, 7) is 3.59.